The van der Waals surface area contributed by atoms with Crippen molar-refractivity contribution in [3.63, 3.8) is 0 Å². The van der Waals surface area contributed by atoms with Crippen LogP contribution in [0.5, 0.6) is 0 Å². The Balaban J connectivity index is 0.950. The summed E-state index contributed by atoms with van der Waals surface area (Å²) in [4.78, 5) is 33.7. The first-order valence-electron chi connectivity index (χ1n) is 32.2. The Bertz CT molecular complexity index is 2800. The van der Waals surface area contributed by atoms with Gasteiger partial charge in [0, 0.05) is 12.1 Å². The summed E-state index contributed by atoms with van der Waals surface area (Å²) in [6.45, 7) is -0.120. The Morgan fingerprint density at radius 1 is 0.394 bits per heavy atom. The number of oxime groups is 1. The van der Waals surface area contributed by atoms with Crippen molar-refractivity contribution >= 4 is 17.6 Å². The van der Waals surface area contributed by atoms with Crippen molar-refractivity contribution in [2.24, 2.45) is 11.1 Å². The Kier molecular flexibility index (Phi) is 25.8. The van der Waals surface area contributed by atoms with Gasteiger partial charge in [0.2, 0.25) is 6.10 Å². The first kappa shape index (κ1) is 77.9. The van der Waals surface area contributed by atoms with Gasteiger partial charge in [-0.2, -0.15) is 0 Å². The molecule has 0 radical (unpaired) electrons. The van der Waals surface area contributed by atoms with Crippen molar-refractivity contribution in [2.45, 2.75) is 254 Å². The molecular weight excluding hydrogens is 1340 g/mol. The largest absolute Gasteiger partial charge is 0.465 e. The Hall–Kier alpha value is -3.73. The van der Waals surface area contributed by atoms with Crippen molar-refractivity contribution in [3.8, 4) is 0 Å². The number of nitrogens with zero attached hydrogens (tertiary/aromatic N) is 1. The lowest BCUT2D eigenvalue weighted by molar-refractivity contribution is -0.396. The Morgan fingerprint density at radius 2 is 0.646 bits per heavy atom. The molecule has 0 unspecified atom stereocenters. The number of ether oxygens (including phenoxy) is 15. The molecule has 0 saturated carbocycles. The number of amides is 1. The second kappa shape index (κ2) is 32.7. The summed E-state index contributed by atoms with van der Waals surface area (Å²) in [5.74, 6) is -3.51. The van der Waals surface area contributed by atoms with Gasteiger partial charge in [0.15, 0.2) is 49.9 Å². The molecule has 21 N–H and O–H groups in total. The number of rotatable bonds is 12. The molecule has 37 atom stereocenters. The van der Waals surface area contributed by atoms with Gasteiger partial charge in [-0.25, -0.2) is 0 Å². The van der Waals surface area contributed by atoms with Gasteiger partial charge >= 0.3 is 5.97 Å². The lowest BCUT2D eigenvalue weighted by Gasteiger charge is -2.50. The molecule has 21 fully saturated rings. The molecule has 1 aromatic rings. The summed E-state index contributed by atoms with van der Waals surface area (Å²) < 4.78 is 86.9. The molecule has 0 spiro atoms. The quantitative estimate of drug-likeness (QED) is 0.0864. The maximum atomic E-state index is 14.4. The zero-order valence-electron chi connectivity index (χ0n) is 53.6. The molecule has 14 bridgehead atoms. The minimum atomic E-state index is -2.35. The summed E-state index contributed by atoms with van der Waals surface area (Å²) in [6.07, 6.45) is -74.9. The predicted molar refractivity (Wildman–Crippen MR) is 311 cm³/mol. The summed E-state index contributed by atoms with van der Waals surface area (Å²) in [6, 6.07) is 6.92. The van der Waals surface area contributed by atoms with Crippen LogP contribution in [-0.2, 0) is 90.9 Å². The molecule has 0 aromatic heterocycles. The molecule has 40 heteroatoms. The van der Waals surface area contributed by atoms with Crippen LogP contribution in [0.25, 0.3) is 0 Å². The molecule has 99 heavy (non-hydrogen) atoms. The molecule has 0 aliphatic carbocycles. The fourth-order valence-corrected chi connectivity index (χ4v) is 13.1. The average Bonchev–Trinajstić information content (AvgIpc) is 1.33. The third kappa shape index (κ3) is 15.8. The average molecular weight is 1440 g/mol. The third-order valence-electron chi connectivity index (χ3n) is 18.8. The lowest BCUT2D eigenvalue weighted by Crippen LogP contribution is -2.68. The summed E-state index contributed by atoms with van der Waals surface area (Å²) in [5.41, 5.74) is 1.02. The van der Waals surface area contributed by atoms with E-state index in [9.17, 15) is 112 Å². The molecule has 22 aliphatic rings. The molecule has 21 saturated heterocycles. The molecule has 22 aliphatic heterocycles. The number of hydrogen-bond acceptors (Lipinski definition) is 39. The van der Waals surface area contributed by atoms with Gasteiger partial charge in [0.1, 0.15) is 177 Å². The molecule has 22 heterocycles. The fourth-order valence-electron chi connectivity index (χ4n) is 13.1. The third-order valence-corrected chi connectivity index (χ3v) is 18.8. The van der Waals surface area contributed by atoms with E-state index < -0.39 is 285 Å². The standard InChI is InChI=1S/C59H90N2O38/c1-5-84-51(83)26-27(17-6-8-18(9-7-17)59(2,3)4)61-99-49(26)50(82)60-10-19-42-28(68)35(75)52(85-19)93-43-20(11-62)87-54(37(77)30(43)70)95-45-22(13-64)89-56(39(79)32(45)72)97-47-24(15-66)91-58(41(81)34(47)74)98-48-25(16-67)90-57(40(80)33(48)73)96-46-23(14-65)88-55(38(78)31(46)71)94-44-21(12-63)86-53(92-42)36(76)29(44)69/h6-9,19-26,28-49,52-58,62-81H,5,10-16H2,1-4H3,(H,60,82)/t19-,20-,21-,22-,23-,24-,25-,26+,28-,29-,30-,31-,32-,33-,34-,35-,36-,37-,38-,39-,40-,41-,42-,43-,44-,45-,46-,47-,48-,49+,52-,53-,54-,55-,56-,57-,58-/m1/s1. The van der Waals surface area contributed by atoms with Gasteiger partial charge < -0.3 is 183 Å². The molecule has 1 amide bonds. The van der Waals surface area contributed by atoms with E-state index in [0.717, 1.165) is 5.56 Å². The van der Waals surface area contributed by atoms with Crippen LogP contribution in [0.3, 0.4) is 0 Å². The van der Waals surface area contributed by atoms with Crippen molar-refractivity contribution in [2.75, 3.05) is 52.8 Å². The number of nitrogens with one attached hydrogen (secondary N) is 1. The molecule has 1 aromatic carbocycles. The monoisotopic (exact) mass is 1430 g/mol. The summed E-state index contributed by atoms with van der Waals surface area (Å²) >= 11 is 0. The van der Waals surface area contributed by atoms with Crippen LogP contribution in [0.15, 0.2) is 29.4 Å². The van der Waals surface area contributed by atoms with E-state index >= 15 is 0 Å². The van der Waals surface area contributed by atoms with Crippen LogP contribution in [0.2, 0.25) is 0 Å². The van der Waals surface area contributed by atoms with Crippen LogP contribution >= 0.6 is 0 Å². The predicted octanol–water partition coefficient (Wildman–Crippen LogP) is -12.8. The van der Waals surface area contributed by atoms with E-state index in [1.54, 1.807) is 24.3 Å². The summed E-state index contributed by atoms with van der Waals surface area (Å²) in [5, 5.41) is 232. The van der Waals surface area contributed by atoms with E-state index in [2.05, 4.69) is 10.5 Å². The van der Waals surface area contributed by atoms with Gasteiger partial charge in [-0.3, -0.25) is 9.59 Å². The molecule has 40 nitrogen and oxygen atoms in total. The highest BCUT2D eigenvalue weighted by Crippen LogP contribution is 2.40. The number of benzene rings is 1. The van der Waals surface area contributed by atoms with E-state index in [0.29, 0.717) is 5.56 Å². The van der Waals surface area contributed by atoms with Crippen molar-refractivity contribution < 1.29 is 188 Å². The van der Waals surface area contributed by atoms with Crippen LogP contribution < -0.4 is 5.32 Å². The number of aliphatic hydroxyl groups excluding tert-OH is 20. The Morgan fingerprint density at radius 3 is 0.889 bits per heavy atom. The van der Waals surface area contributed by atoms with Gasteiger partial charge in [-0.1, -0.05) is 50.2 Å². The zero-order valence-corrected chi connectivity index (χ0v) is 53.6. The van der Waals surface area contributed by atoms with Crippen LogP contribution in [0, 0.1) is 5.92 Å². The Labute approximate surface area is 562 Å². The number of hydrogen-bond donors (Lipinski definition) is 21. The lowest BCUT2D eigenvalue weighted by atomic mass is 9.85. The minimum absolute atomic E-state index is 0.00354. The molecule has 23 rings (SSSR count). The highest BCUT2D eigenvalue weighted by Gasteiger charge is 2.60. The highest BCUT2D eigenvalue weighted by molar-refractivity contribution is 6.15. The van der Waals surface area contributed by atoms with Gasteiger partial charge in [0.05, 0.1) is 46.2 Å². The molecular formula is C59H90N2O38. The second-order valence-electron chi connectivity index (χ2n) is 26.3. The highest BCUT2D eigenvalue weighted by atomic mass is 16.8. The van der Waals surface area contributed by atoms with Gasteiger partial charge in [-0.05, 0) is 17.9 Å². The SMILES string of the molecule is CCOC(=O)[C@H]1C(c2ccc(C(C)(C)C)cc2)=NO[C@@H]1C(=O)NC[C@H]1O[C@@H]2O[C@H]3[C@H](O)[C@@H](O)[C@@H](O[C@H]4[C@H](O)[C@@H](O)[C@@H](O[C@H]5[C@H](O)[C@@H](O)[C@@H](O[C@H]6[C@H](O)[C@@H](O)[C@@H](O[C@H]7[C@H](O)[C@@H](O)[C@@H](O[C@H]8[C@H](O)[C@@H](O)[C@@H](O[C@H]1[C@H](O)[C@H]2O)O[C@@H]8CO)O[C@@H]7CO)O[C@@H]6CO)O[C@@H]5CO)O[C@@H]4CO)O[C@@H]3CO. The van der Waals surface area contributed by atoms with Gasteiger partial charge in [-0.15, -0.1) is 0 Å². The first-order chi connectivity index (χ1) is 47.0. The number of carbonyl (C=O) groups excluding carboxylic acids is 2. The van der Waals surface area contributed by atoms with Crippen LogP contribution in [0.4, 0.5) is 0 Å². The van der Waals surface area contributed by atoms with Crippen molar-refractivity contribution in [1.29, 1.82) is 0 Å². The van der Waals surface area contributed by atoms with Crippen LogP contribution in [0.1, 0.15) is 38.8 Å². The van der Waals surface area contributed by atoms with Crippen molar-refractivity contribution in [1.82, 2.24) is 5.32 Å². The van der Waals surface area contributed by atoms with E-state index in [1.165, 1.54) is 6.92 Å². The topological polar surface area (TPSA) is 611 Å². The zero-order chi connectivity index (χ0) is 72.0. The first-order valence-corrected chi connectivity index (χ1v) is 32.2. The van der Waals surface area contributed by atoms with E-state index in [4.69, 9.17) is 75.9 Å². The maximum absolute atomic E-state index is 14.4. The smallest absolute Gasteiger partial charge is 0.319 e. The fraction of sp³-hybridized carbons (Fsp3) is 0.847. The van der Waals surface area contributed by atoms with E-state index in [1.807, 2.05) is 20.8 Å². The normalized spacial score (nSPS) is 47.9. The van der Waals surface area contributed by atoms with Crippen LogP contribution in [-0.4, -0.2) is 394 Å². The second-order valence-corrected chi connectivity index (χ2v) is 26.3. The number of carbonyl (C=O) groups is 2. The van der Waals surface area contributed by atoms with Gasteiger partial charge in [0.25, 0.3) is 5.91 Å². The molecule has 564 valence electrons. The summed E-state index contributed by atoms with van der Waals surface area (Å²) in [7, 11) is 0. The minimum Gasteiger partial charge on any atom is -0.465 e. The maximum Gasteiger partial charge on any atom is 0.319 e. The van der Waals surface area contributed by atoms with E-state index in [-0.39, 0.29) is 17.7 Å². The van der Waals surface area contributed by atoms with Crippen molar-refractivity contribution in [3.05, 3.63) is 35.4 Å². The number of esters is 1. The number of aliphatic hydroxyl groups is 20.